The molecule has 0 radical (unpaired) electrons. The summed E-state index contributed by atoms with van der Waals surface area (Å²) in [7, 11) is 0. The van der Waals surface area contributed by atoms with Crippen molar-refractivity contribution in [2.24, 2.45) is 11.5 Å². The van der Waals surface area contributed by atoms with Crippen LogP contribution in [0.1, 0.15) is 13.8 Å². The maximum Gasteiger partial charge on any atom is 0.171 e. The summed E-state index contributed by atoms with van der Waals surface area (Å²) in [5, 5.41) is 2.26. The lowest BCUT2D eigenvalue weighted by Crippen LogP contribution is -2.52. The van der Waals surface area contributed by atoms with Gasteiger partial charge in [0, 0.05) is 13.1 Å². The summed E-state index contributed by atoms with van der Waals surface area (Å²) in [5.74, 6) is -3.64. The number of nitrogens with two attached hydrogens (primary N) is 2. The molecule has 2 atom stereocenters. The second-order valence-corrected chi connectivity index (χ2v) is 3.03. The fraction of sp³-hybridized carbons (Fsp3) is 1.00. The fourth-order valence-corrected chi connectivity index (χ4v) is 0.429. The Morgan fingerprint density at radius 3 is 2.09 bits per heavy atom. The first-order valence-corrected chi connectivity index (χ1v) is 3.39. The van der Waals surface area contributed by atoms with Crippen molar-refractivity contribution in [3.63, 3.8) is 0 Å². The van der Waals surface area contributed by atoms with Gasteiger partial charge in [-0.1, -0.05) is 0 Å². The second kappa shape index (κ2) is 3.42. The fourth-order valence-electron chi connectivity index (χ4n) is 0.429. The van der Waals surface area contributed by atoms with Gasteiger partial charge in [-0.15, -0.1) is 0 Å². The van der Waals surface area contributed by atoms with Gasteiger partial charge >= 0.3 is 0 Å². The van der Waals surface area contributed by atoms with Gasteiger partial charge in [0.05, 0.1) is 0 Å². The molecular formula is C6H15F2N3. The smallest absolute Gasteiger partial charge is 0.171 e. The van der Waals surface area contributed by atoms with Crippen LogP contribution in [0.15, 0.2) is 0 Å². The summed E-state index contributed by atoms with van der Waals surface area (Å²) < 4.78 is 25.5. The molecule has 1 unspecified atom stereocenters. The molecule has 0 spiro atoms. The molecule has 0 saturated heterocycles. The number of nitrogens with one attached hydrogen (secondary N) is 1. The molecule has 0 fully saturated rings. The molecule has 0 aromatic heterocycles. The van der Waals surface area contributed by atoms with Crippen molar-refractivity contribution in [3.8, 4) is 0 Å². The molecule has 0 aromatic carbocycles. The van der Waals surface area contributed by atoms with Gasteiger partial charge in [-0.3, -0.25) is 11.1 Å². The molecule has 0 heterocycles. The van der Waals surface area contributed by atoms with Crippen molar-refractivity contribution in [2.45, 2.75) is 25.4 Å². The van der Waals surface area contributed by atoms with Crippen LogP contribution in [0, 0.1) is 0 Å². The minimum Gasteiger partial charge on any atom is -0.326 e. The van der Waals surface area contributed by atoms with E-state index >= 15 is 0 Å². The summed E-state index contributed by atoms with van der Waals surface area (Å²) >= 11 is 0. The van der Waals surface area contributed by atoms with Gasteiger partial charge < -0.3 is 5.73 Å². The lowest BCUT2D eigenvalue weighted by atomic mass is 10.2. The highest BCUT2D eigenvalue weighted by Crippen LogP contribution is 2.05. The first-order chi connectivity index (χ1) is 4.77. The summed E-state index contributed by atoms with van der Waals surface area (Å²) in [6, 6.07) is 0. The third-order valence-corrected chi connectivity index (χ3v) is 1.19. The molecule has 68 valence electrons. The SMILES string of the molecule is CC(N)(F)CN[C@](C)(F)CN. The minimum absolute atomic E-state index is 0.205. The Hall–Kier alpha value is -0.260. The third kappa shape index (κ3) is 6.15. The number of rotatable bonds is 4. The van der Waals surface area contributed by atoms with E-state index in [4.69, 9.17) is 11.5 Å². The zero-order chi connectivity index (χ0) is 9.12. The molecule has 11 heavy (non-hydrogen) atoms. The van der Waals surface area contributed by atoms with Crippen molar-refractivity contribution in [2.75, 3.05) is 13.1 Å². The van der Waals surface area contributed by atoms with Crippen LogP contribution in [0.2, 0.25) is 0 Å². The predicted molar refractivity (Wildman–Crippen MR) is 40.3 cm³/mol. The third-order valence-electron chi connectivity index (χ3n) is 1.19. The first kappa shape index (κ1) is 10.7. The molecule has 0 rings (SSSR count). The van der Waals surface area contributed by atoms with E-state index in [0.717, 1.165) is 6.92 Å². The number of hydrogen-bond donors (Lipinski definition) is 3. The Morgan fingerprint density at radius 1 is 1.36 bits per heavy atom. The van der Waals surface area contributed by atoms with E-state index in [2.05, 4.69) is 5.32 Å². The normalized spacial score (nSPS) is 22.4. The first-order valence-electron chi connectivity index (χ1n) is 3.39. The van der Waals surface area contributed by atoms with Crippen LogP contribution < -0.4 is 16.8 Å². The quantitative estimate of drug-likeness (QED) is 0.511. The topological polar surface area (TPSA) is 64.1 Å². The maximum absolute atomic E-state index is 12.9. The van der Waals surface area contributed by atoms with Crippen molar-refractivity contribution >= 4 is 0 Å². The molecule has 0 aliphatic carbocycles. The minimum atomic E-state index is -1.90. The molecule has 3 nitrogen and oxygen atoms in total. The highest BCUT2D eigenvalue weighted by molar-refractivity contribution is 4.76. The summed E-state index contributed by atoms with van der Waals surface area (Å²) in [6.07, 6.45) is 0. The highest BCUT2D eigenvalue weighted by atomic mass is 19.2. The lowest BCUT2D eigenvalue weighted by molar-refractivity contribution is 0.104. The van der Waals surface area contributed by atoms with Gasteiger partial charge in [-0.05, 0) is 13.8 Å². The monoisotopic (exact) mass is 167 g/mol. The number of halogens is 2. The van der Waals surface area contributed by atoms with Crippen LogP contribution in [-0.2, 0) is 0 Å². The molecule has 0 aliphatic rings. The Labute approximate surface area is 65.1 Å². The average Bonchev–Trinajstić information content (AvgIpc) is 1.83. The van der Waals surface area contributed by atoms with Gasteiger partial charge in [0.2, 0.25) is 0 Å². The van der Waals surface area contributed by atoms with Crippen molar-refractivity contribution in [1.82, 2.24) is 5.32 Å². The van der Waals surface area contributed by atoms with Gasteiger partial charge in [0.15, 0.2) is 11.6 Å². The highest BCUT2D eigenvalue weighted by Gasteiger charge is 2.24. The molecule has 0 saturated carbocycles. The largest absolute Gasteiger partial charge is 0.326 e. The van der Waals surface area contributed by atoms with Gasteiger partial charge in [-0.2, -0.15) is 0 Å². The van der Waals surface area contributed by atoms with Crippen LogP contribution in [0.25, 0.3) is 0 Å². The Balaban J connectivity index is 3.70. The zero-order valence-electron chi connectivity index (χ0n) is 6.82. The van der Waals surface area contributed by atoms with E-state index in [1.165, 1.54) is 6.92 Å². The summed E-state index contributed by atoms with van der Waals surface area (Å²) in [6.45, 7) is 1.94. The van der Waals surface area contributed by atoms with Gasteiger partial charge in [-0.25, -0.2) is 8.78 Å². The van der Waals surface area contributed by atoms with E-state index in [9.17, 15) is 8.78 Å². The molecule has 5 N–H and O–H groups in total. The van der Waals surface area contributed by atoms with Crippen molar-refractivity contribution < 1.29 is 8.78 Å². The van der Waals surface area contributed by atoms with Crippen molar-refractivity contribution in [1.29, 1.82) is 0 Å². The van der Waals surface area contributed by atoms with Gasteiger partial charge in [0.25, 0.3) is 0 Å². The van der Waals surface area contributed by atoms with Gasteiger partial charge in [0.1, 0.15) is 0 Å². The number of hydrogen-bond acceptors (Lipinski definition) is 3. The van der Waals surface area contributed by atoms with Crippen LogP contribution in [0.5, 0.6) is 0 Å². The van der Waals surface area contributed by atoms with Crippen LogP contribution >= 0.6 is 0 Å². The Kier molecular flexibility index (Phi) is 3.34. The molecule has 0 aromatic rings. The second-order valence-electron chi connectivity index (χ2n) is 3.03. The van der Waals surface area contributed by atoms with E-state index in [0.29, 0.717) is 0 Å². The van der Waals surface area contributed by atoms with E-state index < -0.39 is 11.6 Å². The van der Waals surface area contributed by atoms with Crippen LogP contribution in [0.3, 0.4) is 0 Å². The lowest BCUT2D eigenvalue weighted by Gasteiger charge is -2.23. The van der Waals surface area contributed by atoms with E-state index in [1.54, 1.807) is 0 Å². The standard InChI is InChI=1S/C6H15F2N3/c1-5(7,10)4-11-6(2,8)3-9/h11H,3-4,9-10H2,1-2H3/t5?,6-/m0/s1. The molecule has 0 aliphatic heterocycles. The molecule has 0 bridgehead atoms. The van der Waals surface area contributed by atoms with Crippen LogP contribution in [-0.4, -0.2) is 24.7 Å². The molecule has 5 heteroatoms. The molecular weight excluding hydrogens is 152 g/mol. The Morgan fingerprint density at radius 2 is 1.82 bits per heavy atom. The Bertz CT molecular complexity index is 119. The maximum atomic E-state index is 12.9. The predicted octanol–water partition coefficient (Wildman–Crippen LogP) is -0.135. The summed E-state index contributed by atoms with van der Waals surface area (Å²) in [4.78, 5) is 0. The average molecular weight is 167 g/mol. The van der Waals surface area contributed by atoms with Crippen LogP contribution in [0.4, 0.5) is 8.78 Å². The van der Waals surface area contributed by atoms with E-state index in [-0.39, 0.29) is 13.1 Å². The number of alkyl halides is 2. The summed E-state index contributed by atoms with van der Waals surface area (Å²) in [5.41, 5.74) is 10.00. The molecule has 0 amide bonds. The zero-order valence-corrected chi connectivity index (χ0v) is 6.82. The van der Waals surface area contributed by atoms with Crippen molar-refractivity contribution in [3.05, 3.63) is 0 Å². The van der Waals surface area contributed by atoms with E-state index in [1.807, 2.05) is 0 Å².